The fourth-order valence-electron chi connectivity index (χ4n) is 8.80. The Morgan fingerprint density at radius 2 is 1.11 bits per heavy atom. The summed E-state index contributed by atoms with van der Waals surface area (Å²) in [5.41, 5.74) is 10.7. The van der Waals surface area contributed by atoms with Gasteiger partial charge < -0.3 is 15.2 Å². The maximum atomic E-state index is 3.89. The molecule has 0 aliphatic carbocycles. The molecule has 4 nitrogen and oxygen atoms in total. The second-order valence-corrected chi connectivity index (χ2v) is 14.7. The quantitative estimate of drug-likeness (QED) is 0.156. The highest BCUT2D eigenvalue weighted by molar-refractivity contribution is 6.28. The number of nitrogens with one attached hydrogen (secondary N) is 3. The van der Waals surface area contributed by atoms with Crippen LogP contribution < -0.4 is 16.0 Å². The Kier molecular flexibility index (Phi) is 7.42. The molecule has 0 radical (unpaired) electrons. The van der Waals surface area contributed by atoms with Crippen LogP contribution in [0.1, 0.15) is 34.5 Å². The molecule has 1 aromatic heterocycles. The third-order valence-electron chi connectivity index (χ3n) is 11.5. The van der Waals surface area contributed by atoms with Gasteiger partial charge >= 0.3 is 0 Å². The number of para-hydroxylation sites is 1. The van der Waals surface area contributed by atoms with Gasteiger partial charge in [-0.05, 0) is 96.6 Å². The van der Waals surface area contributed by atoms with E-state index in [1.165, 1.54) is 82.0 Å². The number of rotatable bonds is 5. The van der Waals surface area contributed by atoms with Crippen molar-refractivity contribution in [1.82, 2.24) is 20.5 Å². The summed E-state index contributed by atoms with van der Waals surface area (Å²) in [6.07, 6.45) is 8.72. The molecule has 0 saturated heterocycles. The van der Waals surface area contributed by atoms with E-state index in [9.17, 15) is 0 Å². The van der Waals surface area contributed by atoms with Crippen LogP contribution in [0, 0.1) is 0 Å². The van der Waals surface area contributed by atoms with Gasteiger partial charge in [-0.25, -0.2) is 0 Å². The van der Waals surface area contributed by atoms with Crippen LogP contribution >= 0.6 is 0 Å². The lowest BCUT2D eigenvalue weighted by molar-refractivity contribution is 0.442. The van der Waals surface area contributed by atoms with Gasteiger partial charge in [-0.15, -0.1) is 0 Å². The minimum atomic E-state index is -0.0461. The number of fused-ring (bicyclic) bond motifs is 9. The van der Waals surface area contributed by atoms with Crippen molar-refractivity contribution in [2.24, 2.45) is 0 Å². The smallest absolute Gasteiger partial charge is 0.104 e. The first-order chi connectivity index (χ1) is 27.3. The van der Waals surface area contributed by atoms with Gasteiger partial charge in [0.05, 0.1) is 17.1 Å². The summed E-state index contributed by atoms with van der Waals surface area (Å²) in [5, 5.41) is 21.3. The van der Waals surface area contributed by atoms with Crippen molar-refractivity contribution < 1.29 is 0 Å². The highest BCUT2D eigenvalue weighted by Gasteiger charge is 2.25. The highest BCUT2D eigenvalue weighted by atomic mass is 15.2. The summed E-state index contributed by atoms with van der Waals surface area (Å²) >= 11 is 0. The zero-order valence-electron chi connectivity index (χ0n) is 30.2. The van der Waals surface area contributed by atoms with Crippen molar-refractivity contribution in [3.05, 3.63) is 210 Å². The molecule has 2 atom stereocenters. The van der Waals surface area contributed by atoms with E-state index in [2.05, 4.69) is 209 Å². The van der Waals surface area contributed by atoms with Crippen LogP contribution in [0.3, 0.4) is 0 Å². The lowest BCUT2D eigenvalue weighted by Gasteiger charge is -2.33. The van der Waals surface area contributed by atoms with E-state index >= 15 is 0 Å². The molecule has 0 amide bonds. The molecular formula is C51H38N4. The molecule has 8 aromatic carbocycles. The minimum absolute atomic E-state index is 0.00473. The van der Waals surface area contributed by atoms with Gasteiger partial charge in [0.2, 0.25) is 0 Å². The molecule has 2 aliphatic heterocycles. The normalized spacial score (nSPS) is 17.0. The Labute approximate surface area is 319 Å². The summed E-state index contributed by atoms with van der Waals surface area (Å²) in [6, 6.07) is 60.0. The van der Waals surface area contributed by atoms with E-state index < -0.39 is 0 Å². The van der Waals surface area contributed by atoms with Crippen molar-refractivity contribution in [3.8, 4) is 5.69 Å². The van der Waals surface area contributed by atoms with E-state index in [-0.39, 0.29) is 12.2 Å². The number of hydrogen-bond donors (Lipinski definition) is 3. The predicted molar refractivity (Wildman–Crippen MR) is 231 cm³/mol. The van der Waals surface area contributed by atoms with Crippen LogP contribution in [-0.4, -0.2) is 11.1 Å². The van der Waals surface area contributed by atoms with Crippen LogP contribution in [0.4, 0.5) is 0 Å². The van der Waals surface area contributed by atoms with Gasteiger partial charge in [-0.1, -0.05) is 146 Å². The van der Waals surface area contributed by atoms with Gasteiger partial charge in [0, 0.05) is 34.9 Å². The molecule has 3 N–H and O–H groups in total. The van der Waals surface area contributed by atoms with Gasteiger partial charge in [0.1, 0.15) is 6.17 Å². The van der Waals surface area contributed by atoms with E-state index in [1.807, 2.05) is 0 Å². The molecule has 0 bridgehead atoms. The first kappa shape index (κ1) is 31.6. The summed E-state index contributed by atoms with van der Waals surface area (Å²) in [6.45, 7) is 0.874. The average molecular weight is 707 g/mol. The Hall–Kier alpha value is -6.88. The lowest BCUT2D eigenvalue weighted by Crippen LogP contribution is -2.39. The van der Waals surface area contributed by atoms with Crippen molar-refractivity contribution in [2.45, 2.75) is 12.2 Å². The number of dihydropyridines is 1. The summed E-state index contributed by atoms with van der Waals surface area (Å²) in [7, 11) is 0. The number of allylic oxidation sites excluding steroid dienone is 2. The zero-order valence-corrected chi connectivity index (χ0v) is 30.2. The molecule has 262 valence electrons. The Morgan fingerprint density at radius 1 is 0.491 bits per heavy atom. The van der Waals surface area contributed by atoms with Crippen LogP contribution in [-0.2, 0) is 0 Å². The first-order valence-electron chi connectivity index (χ1n) is 19.1. The Morgan fingerprint density at radius 3 is 1.80 bits per heavy atom. The van der Waals surface area contributed by atoms with Gasteiger partial charge in [0.15, 0.2) is 0 Å². The van der Waals surface area contributed by atoms with Crippen LogP contribution in [0.2, 0.25) is 0 Å². The molecule has 55 heavy (non-hydrogen) atoms. The summed E-state index contributed by atoms with van der Waals surface area (Å²) in [5.74, 6) is 0. The topological polar surface area (TPSA) is 41.0 Å². The number of benzene rings is 8. The molecule has 2 unspecified atom stereocenters. The fourth-order valence-corrected chi connectivity index (χ4v) is 8.80. The van der Waals surface area contributed by atoms with E-state index in [0.717, 1.165) is 17.9 Å². The maximum Gasteiger partial charge on any atom is 0.104 e. The Balaban J connectivity index is 1.02. The molecule has 4 heteroatoms. The van der Waals surface area contributed by atoms with Crippen molar-refractivity contribution >= 4 is 65.4 Å². The third-order valence-corrected chi connectivity index (χ3v) is 11.5. The van der Waals surface area contributed by atoms with E-state index in [4.69, 9.17) is 0 Å². The highest BCUT2D eigenvalue weighted by Crippen LogP contribution is 2.41. The van der Waals surface area contributed by atoms with E-state index in [1.54, 1.807) is 0 Å². The standard InChI is InChI=1S/C51H38N4/c1-2-11-36(12-3-1)51-53-47(34-22-20-33(21-23-34)37-13-10-28-52-32-37)31-48(54-51)35-24-26-38(27-25-35)55-49-19-9-8-18-43(49)46-29-44-41-16-6-4-14-39(41)40-15-5-7-17-42(40)45(44)30-50(46)55/h1-27,29-32,48,51-54H,28H2. The molecule has 0 spiro atoms. The molecule has 9 aromatic rings. The van der Waals surface area contributed by atoms with Crippen molar-refractivity contribution in [2.75, 3.05) is 6.54 Å². The SMILES string of the molecule is C1=CC(c2ccc(C3=CC(c4ccc(-n5c6ccccc6c6cc7c8ccccc8c8ccccc8c7cc65)cc4)NC(c4ccccc4)N3)cc2)=CNC1. The second kappa shape index (κ2) is 12.9. The first-order valence-corrected chi connectivity index (χ1v) is 19.1. The van der Waals surface area contributed by atoms with Crippen molar-refractivity contribution in [3.63, 3.8) is 0 Å². The van der Waals surface area contributed by atoms with E-state index in [0.29, 0.717) is 0 Å². The Bertz CT molecular complexity index is 3020. The van der Waals surface area contributed by atoms with Gasteiger partial charge in [-0.2, -0.15) is 0 Å². The molecule has 0 saturated carbocycles. The average Bonchev–Trinajstić information content (AvgIpc) is 3.60. The molecule has 11 rings (SSSR count). The summed E-state index contributed by atoms with van der Waals surface area (Å²) < 4.78 is 2.44. The van der Waals surface area contributed by atoms with Gasteiger partial charge in [0.25, 0.3) is 0 Å². The number of aromatic nitrogens is 1. The molecule has 3 heterocycles. The maximum absolute atomic E-state index is 3.89. The summed E-state index contributed by atoms with van der Waals surface area (Å²) in [4.78, 5) is 0. The van der Waals surface area contributed by atoms with Crippen LogP contribution in [0.5, 0.6) is 0 Å². The van der Waals surface area contributed by atoms with Crippen molar-refractivity contribution in [1.29, 1.82) is 0 Å². The number of nitrogens with zero attached hydrogens (tertiary/aromatic N) is 1. The number of hydrogen-bond acceptors (Lipinski definition) is 3. The largest absolute Gasteiger partial charge is 0.387 e. The zero-order chi connectivity index (χ0) is 36.3. The van der Waals surface area contributed by atoms with Crippen LogP contribution in [0.25, 0.3) is 71.1 Å². The minimum Gasteiger partial charge on any atom is -0.387 e. The predicted octanol–water partition coefficient (Wildman–Crippen LogP) is 11.7. The third kappa shape index (κ3) is 5.33. The fraction of sp³-hybridized carbons (Fsp3) is 0.0588. The molecular weight excluding hydrogens is 669 g/mol. The van der Waals surface area contributed by atoms with Gasteiger partial charge in [-0.3, -0.25) is 5.32 Å². The van der Waals surface area contributed by atoms with Crippen LogP contribution in [0.15, 0.2) is 188 Å². The molecule has 2 aliphatic rings. The second-order valence-electron chi connectivity index (χ2n) is 14.7. The monoisotopic (exact) mass is 706 g/mol. The lowest BCUT2D eigenvalue weighted by atomic mass is 9.93. The molecule has 0 fully saturated rings.